The Labute approximate surface area is 120 Å². The lowest BCUT2D eigenvalue weighted by Gasteiger charge is -2.18. The third-order valence-electron chi connectivity index (χ3n) is 2.39. The first kappa shape index (κ1) is 16.0. The van der Waals surface area contributed by atoms with E-state index in [1.54, 1.807) is 11.8 Å². The van der Waals surface area contributed by atoms with Crippen molar-refractivity contribution in [2.45, 2.75) is 32.6 Å². The van der Waals surface area contributed by atoms with Crippen molar-refractivity contribution in [3.8, 4) is 0 Å². The average molecular weight is 302 g/mol. The van der Waals surface area contributed by atoms with Crippen LogP contribution in [0, 0.1) is 5.92 Å². The molecule has 1 aromatic heterocycles. The van der Waals surface area contributed by atoms with Crippen molar-refractivity contribution in [2.24, 2.45) is 5.92 Å². The summed E-state index contributed by atoms with van der Waals surface area (Å²) in [4.78, 5) is 26.6. The number of hydrogen-bond donors (Lipinski definition) is 2. The molecular formula is C12H18N2O3S2. The highest BCUT2D eigenvalue weighted by atomic mass is 32.2. The molecule has 106 valence electrons. The van der Waals surface area contributed by atoms with Crippen molar-refractivity contribution in [2.75, 3.05) is 5.75 Å². The van der Waals surface area contributed by atoms with Crippen LogP contribution in [0.4, 0.5) is 0 Å². The van der Waals surface area contributed by atoms with Gasteiger partial charge in [-0.2, -0.15) is 0 Å². The van der Waals surface area contributed by atoms with Gasteiger partial charge in [-0.3, -0.25) is 4.79 Å². The third kappa shape index (κ3) is 4.83. The number of rotatable bonds is 7. The minimum Gasteiger partial charge on any atom is -0.476 e. The minimum atomic E-state index is -1.05. The standard InChI is InChI=1S/C12H18N2O3S2/c1-4-18-10(7(2)3)11(15)13-5-9-14-8(6-19-9)12(16)17/h6-7,10H,4-5H2,1-3H3,(H,13,15)(H,16,17)/t10-/m0/s1. The van der Waals surface area contributed by atoms with E-state index in [-0.39, 0.29) is 29.3 Å². The van der Waals surface area contributed by atoms with Gasteiger partial charge in [0, 0.05) is 5.38 Å². The second-order valence-electron chi connectivity index (χ2n) is 4.27. The van der Waals surface area contributed by atoms with E-state index in [0.29, 0.717) is 5.01 Å². The smallest absolute Gasteiger partial charge is 0.355 e. The zero-order valence-electron chi connectivity index (χ0n) is 11.2. The Morgan fingerprint density at radius 2 is 2.21 bits per heavy atom. The van der Waals surface area contributed by atoms with Gasteiger partial charge >= 0.3 is 5.97 Å². The van der Waals surface area contributed by atoms with Gasteiger partial charge in [0.05, 0.1) is 11.8 Å². The maximum absolute atomic E-state index is 12.0. The molecule has 0 spiro atoms. The first-order valence-corrected chi connectivity index (χ1v) is 7.95. The fourth-order valence-corrected chi connectivity index (χ4v) is 3.19. The highest BCUT2D eigenvalue weighted by Crippen LogP contribution is 2.19. The van der Waals surface area contributed by atoms with Crippen LogP contribution >= 0.6 is 23.1 Å². The van der Waals surface area contributed by atoms with Gasteiger partial charge in [0.1, 0.15) is 5.01 Å². The number of hydrogen-bond acceptors (Lipinski definition) is 5. The molecule has 0 aliphatic carbocycles. The summed E-state index contributed by atoms with van der Waals surface area (Å²) in [6.07, 6.45) is 0. The summed E-state index contributed by atoms with van der Waals surface area (Å²) in [5.74, 6) is 0.0802. The maximum atomic E-state index is 12.0. The molecule has 0 radical (unpaired) electrons. The van der Waals surface area contributed by atoms with Crippen LogP contribution in [0.1, 0.15) is 36.3 Å². The third-order valence-corrected chi connectivity index (χ3v) is 4.69. The summed E-state index contributed by atoms with van der Waals surface area (Å²) in [6, 6.07) is 0. The molecule has 1 aromatic rings. The van der Waals surface area contributed by atoms with Crippen LogP contribution in [-0.2, 0) is 11.3 Å². The van der Waals surface area contributed by atoms with Gasteiger partial charge in [-0.05, 0) is 11.7 Å². The Morgan fingerprint density at radius 1 is 1.53 bits per heavy atom. The lowest BCUT2D eigenvalue weighted by Crippen LogP contribution is -2.35. The maximum Gasteiger partial charge on any atom is 0.355 e. The number of carbonyl (C=O) groups is 2. The van der Waals surface area contributed by atoms with E-state index in [9.17, 15) is 9.59 Å². The summed E-state index contributed by atoms with van der Waals surface area (Å²) in [6.45, 7) is 6.33. The predicted molar refractivity (Wildman–Crippen MR) is 77.7 cm³/mol. The van der Waals surface area contributed by atoms with Crippen LogP contribution in [-0.4, -0.2) is 33.0 Å². The van der Waals surface area contributed by atoms with Crippen LogP contribution in [0.2, 0.25) is 0 Å². The van der Waals surface area contributed by atoms with E-state index < -0.39 is 5.97 Å². The number of thiazole rings is 1. The lowest BCUT2D eigenvalue weighted by molar-refractivity contribution is -0.121. The molecule has 2 N–H and O–H groups in total. The molecule has 1 amide bonds. The number of aromatic nitrogens is 1. The Balaban J connectivity index is 2.54. The number of nitrogens with one attached hydrogen (secondary N) is 1. The molecule has 1 atom stereocenters. The summed E-state index contributed by atoms with van der Waals surface area (Å²) in [5, 5.41) is 13.6. The molecule has 0 unspecified atom stereocenters. The Morgan fingerprint density at radius 3 is 2.68 bits per heavy atom. The van der Waals surface area contributed by atoms with E-state index in [0.717, 1.165) is 5.75 Å². The molecule has 7 heteroatoms. The monoisotopic (exact) mass is 302 g/mol. The van der Waals surface area contributed by atoms with Crippen LogP contribution in [0.3, 0.4) is 0 Å². The number of carboxylic acid groups (broad SMARTS) is 1. The van der Waals surface area contributed by atoms with Crippen molar-refractivity contribution < 1.29 is 14.7 Å². The Kier molecular flexibility index (Phi) is 6.30. The van der Waals surface area contributed by atoms with E-state index in [1.165, 1.54) is 16.7 Å². The topological polar surface area (TPSA) is 79.3 Å². The van der Waals surface area contributed by atoms with Gasteiger partial charge in [-0.15, -0.1) is 23.1 Å². The second kappa shape index (κ2) is 7.49. The van der Waals surface area contributed by atoms with Crippen molar-refractivity contribution in [3.63, 3.8) is 0 Å². The number of thioether (sulfide) groups is 1. The molecule has 1 rings (SSSR count). The van der Waals surface area contributed by atoms with Gasteiger partial charge in [0.15, 0.2) is 5.69 Å². The van der Waals surface area contributed by atoms with Gasteiger partial charge in [-0.1, -0.05) is 20.8 Å². The van der Waals surface area contributed by atoms with Crippen LogP contribution in [0.5, 0.6) is 0 Å². The molecule has 5 nitrogen and oxygen atoms in total. The highest BCUT2D eigenvalue weighted by molar-refractivity contribution is 8.00. The fourth-order valence-electron chi connectivity index (χ4n) is 1.50. The van der Waals surface area contributed by atoms with Crippen molar-refractivity contribution >= 4 is 35.0 Å². The van der Waals surface area contributed by atoms with E-state index in [4.69, 9.17) is 5.11 Å². The van der Waals surface area contributed by atoms with Crippen LogP contribution in [0.25, 0.3) is 0 Å². The lowest BCUT2D eigenvalue weighted by atomic mass is 10.1. The molecule has 0 bridgehead atoms. The number of aromatic carboxylic acids is 1. The summed E-state index contributed by atoms with van der Waals surface area (Å²) in [7, 11) is 0. The van der Waals surface area contributed by atoms with E-state index >= 15 is 0 Å². The predicted octanol–water partition coefficient (Wildman–Crippen LogP) is 2.24. The van der Waals surface area contributed by atoms with Gasteiger partial charge in [0.2, 0.25) is 5.91 Å². The molecule has 0 fully saturated rings. The Hall–Kier alpha value is -1.08. The van der Waals surface area contributed by atoms with Crippen LogP contribution in [0.15, 0.2) is 5.38 Å². The van der Waals surface area contributed by atoms with E-state index in [2.05, 4.69) is 10.3 Å². The minimum absolute atomic E-state index is 0.0195. The van der Waals surface area contributed by atoms with Crippen molar-refractivity contribution in [1.29, 1.82) is 0 Å². The molecule has 0 saturated carbocycles. The average Bonchev–Trinajstić information content (AvgIpc) is 2.81. The first-order valence-electron chi connectivity index (χ1n) is 6.02. The highest BCUT2D eigenvalue weighted by Gasteiger charge is 2.21. The molecule has 0 aliphatic heterocycles. The SMILES string of the molecule is CCS[C@H](C(=O)NCc1nc(C(=O)O)cs1)C(C)C. The molecule has 0 aromatic carbocycles. The fraction of sp³-hybridized carbons (Fsp3) is 0.583. The number of carboxylic acids is 1. The van der Waals surface area contributed by atoms with Crippen molar-refractivity contribution in [3.05, 3.63) is 16.1 Å². The summed E-state index contributed by atoms with van der Waals surface area (Å²) >= 11 is 2.85. The number of carbonyl (C=O) groups excluding carboxylic acids is 1. The van der Waals surface area contributed by atoms with Crippen LogP contribution < -0.4 is 5.32 Å². The Bertz CT molecular complexity index is 446. The van der Waals surface area contributed by atoms with Gasteiger partial charge in [0.25, 0.3) is 0 Å². The summed E-state index contributed by atoms with van der Waals surface area (Å²) < 4.78 is 0. The zero-order valence-corrected chi connectivity index (χ0v) is 12.8. The summed E-state index contributed by atoms with van der Waals surface area (Å²) in [5.41, 5.74) is 0.0255. The van der Waals surface area contributed by atoms with Crippen molar-refractivity contribution in [1.82, 2.24) is 10.3 Å². The van der Waals surface area contributed by atoms with Gasteiger partial charge in [-0.25, -0.2) is 9.78 Å². The second-order valence-corrected chi connectivity index (χ2v) is 6.63. The normalized spacial score (nSPS) is 12.4. The molecule has 1 heterocycles. The molecular weight excluding hydrogens is 284 g/mol. The number of nitrogens with zero attached hydrogens (tertiary/aromatic N) is 1. The molecule has 0 aliphatic rings. The number of amides is 1. The quantitative estimate of drug-likeness (QED) is 0.807. The zero-order chi connectivity index (χ0) is 14.4. The molecule has 19 heavy (non-hydrogen) atoms. The largest absolute Gasteiger partial charge is 0.476 e. The van der Waals surface area contributed by atoms with E-state index in [1.807, 2.05) is 20.8 Å². The van der Waals surface area contributed by atoms with Gasteiger partial charge < -0.3 is 10.4 Å². The first-order chi connectivity index (χ1) is 8.95. The molecule has 0 saturated heterocycles.